The predicted octanol–water partition coefficient (Wildman–Crippen LogP) is 5.02. The van der Waals surface area contributed by atoms with Crippen LogP contribution in [-0.4, -0.2) is 63.3 Å². The lowest BCUT2D eigenvalue weighted by Gasteiger charge is -2.26. The van der Waals surface area contributed by atoms with E-state index in [9.17, 15) is 8.42 Å². The monoisotopic (exact) mass is 484 g/mol. The Hall–Kier alpha value is -1.89. The van der Waals surface area contributed by atoms with E-state index in [0.29, 0.717) is 4.90 Å². The van der Waals surface area contributed by atoms with Gasteiger partial charge in [0.25, 0.3) is 0 Å². The van der Waals surface area contributed by atoms with Crippen LogP contribution >= 0.6 is 0 Å². The van der Waals surface area contributed by atoms with E-state index in [1.54, 1.807) is 24.3 Å². The highest BCUT2D eigenvalue weighted by Crippen LogP contribution is 2.24. The van der Waals surface area contributed by atoms with E-state index in [-0.39, 0.29) is 11.7 Å². The smallest absolute Gasteiger partial charge is 0.178 e. The van der Waals surface area contributed by atoms with Crippen LogP contribution in [0.1, 0.15) is 50.5 Å². The highest BCUT2D eigenvalue weighted by Gasteiger charge is 2.24. The van der Waals surface area contributed by atoms with E-state index in [2.05, 4.69) is 34.1 Å². The van der Waals surface area contributed by atoms with Gasteiger partial charge in [0.2, 0.25) is 0 Å². The van der Waals surface area contributed by atoms with Gasteiger partial charge >= 0.3 is 0 Å². The third-order valence-corrected chi connectivity index (χ3v) is 9.06. The average molecular weight is 485 g/mol. The fourth-order valence-electron chi connectivity index (χ4n) is 5.19. The normalized spacial score (nSPS) is 20.6. The SMILES string of the molecule is O=S(=O)(CC1CCCN(Cc2ccc(OCCCN3CCCCC3)cc2)CC1)c1ccccc1. The van der Waals surface area contributed by atoms with Crippen molar-refractivity contribution in [1.82, 2.24) is 9.80 Å². The summed E-state index contributed by atoms with van der Waals surface area (Å²) >= 11 is 0. The van der Waals surface area contributed by atoms with Crippen molar-refractivity contribution < 1.29 is 13.2 Å². The topological polar surface area (TPSA) is 49.9 Å². The summed E-state index contributed by atoms with van der Waals surface area (Å²) in [7, 11) is -3.21. The Morgan fingerprint density at radius 3 is 2.29 bits per heavy atom. The Morgan fingerprint density at radius 1 is 0.794 bits per heavy atom. The molecule has 2 heterocycles. The number of sulfone groups is 1. The molecule has 2 aliphatic rings. The molecule has 34 heavy (non-hydrogen) atoms. The van der Waals surface area contributed by atoms with Crippen LogP contribution in [0.15, 0.2) is 59.5 Å². The minimum atomic E-state index is -3.21. The van der Waals surface area contributed by atoms with E-state index < -0.39 is 9.84 Å². The third kappa shape index (κ3) is 7.82. The summed E-state index contributed by atoms with van der Waals surface area (Å²) in [5.41, 5.74) is 1.29. The minimum Gasteiger partial charge on any atom is -0.494 e. The Balaban J connectivity index is 1.18. The van der Waals surface area contributed by atoms with Gasteiger partial charge in [0.1, 0.15) is 5.75 Å². The number of hydrogen-bond acceptors (Lipinski definition) is 5. The summed E-state index contributed by atoms with van der Waals surface area (Å²) in [5.74, 6) is 1.44. The van der Waals surface area contributed by atoms with Gasteiger partial charge in [-0.15, -0.1) is 0 Å². The second kappa shape index (κ2) is 12.7. The maximum atomic E-state index is 12.8. The molecule has 2 saturated heterocycles. The van der Waals surface area contributed by atoms with Gasteiger partial charge in [-0.3, -0.25) is 4.90 Å². The molecule has 0 bridgehead atoms. The van der Waals surface area contributed by atoms with Crippen LogP contribution in [0.5, 0.6) is 5.75 Å². The summed E-state index contributed by atoms with van der Waals surface area (Å²) in [6.45, 7) is 7.28. The lowest BCUT2D eigenvalue weighted by Crippen LogP contribution is -2.31. The van der Waals surface area contributed by atoms with Crippen LogP contribution in [0.3, 0.4) is 0 Å². The van der Waals surface area contributed by atoms with Crippen molar-refractivity contribution in [2.75, 3.05) is 45.1 Å². The zero-order valence-electron chi connectivity index (χ0n) is 20.4. The molecular weight excluding hydrogens is 444 g/mol. The van der Waals surface area contributed by atoms with Crippen LogP contribution in [0, 0.1) is 5.92 Å². The maximum absolute atomic E-state index is 12.8. The van der Waals surface area contributed by atoms with Crippen molar-refractivity contribution in [3.63, 3.8) is 0 Å². The summed E-state index contributed by atoms with van der Waals surface area (Å²) in [4.78, 5) is 5.47. The molecule has 0 amide bonds. The average Bonchev–Trinajstić information content (AvgIpc) is 3.08. The predicted molar refractivity (Wildman–Crippen MR) is 138 cm³/mol. The van der Waals surface area contributed by atoms with Gasteiger partial charge in [0.05, 0.1) is 17.3 Å². The van der Waals surface area contributed by atoms with Gasteiger partial charge in [-0.05, 0) is 100 Å². The second-order valence-corrected chi connectivity index (χ2v) is 12.0. The zero-order valence-corrected chi connectivity index (χ0v) is 21.2. The molecular formula is C28H40N2O3S. The third-order valence-electron chi connectivity index (χ3n) is 7.16. The van der Waals surface area contributed by atoms with Crippen LogP contribution in [-0.2, 0) is 16.4 Å². The largest absolute Gasteiger partial charge is 0.494 e. The first-order valence-electron chi connectivity index (χ1n) is 13.0. The van der Waals surface area contributed by atoms with Gasteiger partial charge in [0, 0.05) is 13.1 Å². The van der Waals surface area contributed by atoms with Crippen LogP contribution in [0.4, 0.5) is 0 Å². The Bertz CT molecular complexity index is 957. The molecule has 6 heteroatoms. The molecule has 1 atom stereocenters. The lowest BCUT2D eigenvalue weighted by atomic mass is 10.0. The van der Waals surface area contributed by atoms with Crippen LogP contribution < -0.4 is 4.74 Å². The quantitative estimate of drug-likeness (QED) is 0.443. The number of piperidine rings is 1. The van der Waals surface area contributed by atoms with Crippen LogP contribution in [0.2, 0.25) is 0 Å². The molecule has 0 spiro atoms. The first kappa shape index (κ1) is 25.2. The van der Waals surface area contributed by atoms with Gasteiger partial charge in [-0.2, -0.15) is 0 Å². The number of hydrogen-bond donors (Lipinski definition) is 0. The van der Waals surface area contributed by atoms with E-state index >= 15 is 0 Å². The van der Waals surface area contributed by atoms with Crippen molar-refractivity contribution in [1.29, 1.82) is 0 Å². The molecule has 2 aliphatic heterocycles. The molecule has 5 nitrogen and oxygen atoms in total. The molecule has 2 fully saturated rings. The van der Waals surface area contributed by atoms with E-state index in [1.165, 1.54) is 37.9 Å². The van der Waals surface area contributed by atoms with Crippen molar-refractivity contribution in [2.24, 2.45) is 5.92 Å². The minimum absolute atomic E-state index is 0.232. The second-order valence-electron chi connectivity index (χ2n) is 9.92. The van der Waals surface area contributed by atoms with Crippen molar-refractivity contribution in [3.05, 3.63) is 60.2 Å². The first-order chi connectivity index (χ1) is 16.6. The van der Waals surface area contributed by atoms with Crippen LogP contribution in [0.25, 0.3) is 0 Å². The Kier molecular flexibility index (Phi) is 9.42. The molecule has 2 aromatic carbocycles. The summed E-state index contributed by atoms with van der Waals surface area (Å²) < 4.78 is 31.5. The van der Waals surface area contributed by atoms with E-state index in [1.807, 2.05) is 6.07 Å². The molecule has 0 saturated carbocycles. The molecule has 0 N–H and O–H groups in total. The number of rotatable bonds is 10. The van der Waals surface area contributed by atoms with Crippen molar-refractivity contribution in [3.8, 4) is 5.75 Å². The molecule has 0 aromatic heterocycles. The molecule has 1 unspecified atom stereocenters. The molecule has 0 aliphatic carbocycles. The highest BCUT2D eigenvalue weighted by molar-refractivity contribution is 7.91. The summed E-state index contributed by atoms with van der Waals surface area (Å²) in [6, 6.07) is 17.4. The molecule has 186 valence electrons. The standard InChI is InChI=1S/C28H40N2O3S/c31-34(32,28-10-3-1-4-11-28)24-26-9-7-19-30(21-16-26)23-25-12-14-27(15-13-25)33-22-8-20-29-17-5-2-6-18-29/h1,3-4,10-15,26H,2,5-9,16-24H2. The van der Waals surface area contributed by atoms with Gasteiger partial charge in [0.15, 0.2) is 9.84 Å². The van der Waals surface area contributed by atoms with E-state index in [4.69, 9.17) is 4.74 Å². The molecule has 2 aromatic rings. The number of ether oxygens (including phenoxy) is 1. The Morgan fingerprint density at radius 2 is 1.53 bits per heavy atom. The summed E-state index contributed by atoms with van der Waals surface area (Å²) in [6.07, 6.45) is 8.11. The van der Waals surface area contributed by atoms with Gasteiger partial charge < -0.3 is 9.64 Å². The van der Waals surface area contributed by atoms with Gasteiger partial charge in [-0.25, -0.2) is 8.42 Å². The molecule has 4 rings (SSSR count). The number of benzene rings is 2. The maximum Gasteiger partial charge on any atom is 0.178 e. The Labute approximate surface area is 206 Å². The fourth-order valence-corrected chi connectivity index (χ4v) is 6.91. The van der Waals surface area contributed by atoms with Crippen molar-refractivity contribution in [2.45, 2.75) is 56.4 Å². The molecule has 0 radical (unpaired) electrons. The highest BCUT2D eigenvalue weighted by atomic mass is 32.2. The van der Waals surface area contributed by atoms with Crippen molar-refractivity contribution >= 4 is 9.84 Å². The lowest BCUT2D eigenvalue weighted by molar-refractivity contribution is 0.205. The fraction of sp³-hybridized carbons (Fsp3) is 0.571. The summed E-state index contributed by atoms with van der Waals surface area (Å²) in [5, 5.41) is 0. The zero-order chi connectivity index (χ0) is 23.6. The van der Waals surface area contributed by atoms with Gasteiger partial charge in [-0.1, -0.05) is 36.8 Å². The number of nitrogens with zero attached hydrogens (tertiary/aromatic N) is 2. The van der Waals surface area contributed by atoms with E-state index in [0.717, 1.165) is 64.2 Å². The first-order valence-corrected chi connectivity index (χ1v) is 14.7. The number of likely N-dealkylation sites (tertiary alicyclic amines) is 2.